The zero-order chi connectivity index (χ0) is 21.8. The van der Waals surface area contributed by atoms with Crippen molar-refractivity contribution in [2.45, 2.75) is 12.5 Å². The molecule has 1 aliphatic rings. The number of likely N-dealkylation sites (tertiary alicyclic amines) is 1. The molecule has 2 N–H and O–H groups in total. The first kappa shape index (κ1) is 21.7. The van der Waals surface area contributed by atoms with Crippen molar-refractivity contribution in [1.29, 1.82) is 0 Å². The highest BCUT2D eigenvalue weighted by molar-refractivity contribution is 6.47. The van der Waals surface area contributed by atoms with Crippen LogP contribution in [0.3, 0.4) is 0 Å². The lowest BCUT2D eigenvalue weighted by atomic mass is 9.95. The van der Waals surface area contributed by atoms with Gasteiger partial charge in [0.1, 0.15) is 17.3 Å². The number of hydrogen-bond acceptors (Lipinski definition) is 6. The number of methoxy groups -OCH3 is 2. The lowest BCUT2D eigenvalue weighted by Gasteiger charge is -2.25. The molecule has 2 aromatic carbocycles. The van der Waals surface area contributed by atoms with Crippen LogP contribution in [0.25, 0.3) is 5.76 Å². The number of rotatable bonds is 7. The third-order valence-corrected chi connectivity index (χ3v) is 5.25. The van der Waals surface area contributed by atoms with Crippen LogP contribution in [-0.4, -0.2) is 54.2 Å². The molecule has 1 heterocycles. The molecule has 2 aromatic rings. The summed E-state index contributed by atoms with van der Waals surface area (Å²) in [6.07, 6.45) is 0.512. The Morgan fingerprint density at radius 1 is 1.13 bits per heavy atom. The molecule has 0 aromatic heterocycles. The Labute approximate surface area is 179 Å². The minimum atomic E-state index is -0.829. The fourth-order valence-electron chi connectivity index (χ4n) is 3.45. The van der Waals surface area contributed by atoms with Crippen LogP contribution in [0, 0.1) is 0 Å². The van der Waals surface area contributed by atoms with E-state index in [4.69, 9.17) is 21.1 Å². The van der Waals surface area contributed by atoms with Crippen LogP contribution in [0.2, 0.25) is 5.02 Å². The Morgan fingerprint density at radius 2 is 1.83 bits per heavy atom. The maximum atomic E-state index is 12.9. The van der Waals surface area contributed by atoms with Crippen LogP contribution in [0.1, 0.15) is 23.6 Å². The predicted octanol–water partition coefficient (Wildman–Crippen LogP) is 3.51. The van der Waals surface area contributed by atoms with E-state index in [1.165, 1.54) is 30.2 Å². The van der Waals surface area contributed by atoms with Crippen molar-refractivity contribution in [3.8, 4) is 11.5 Å². The van der Waals surface area contributed by atoms with E-state index in [9.17, 15) is 19.8 Å². The molecule has 1 unspecified atom stereocenters. The second-order valence-electron chi connectivity index (χ2n) is 6.78. The lowest BCUT2D eigenvalue weighted by Crippen LogP contribution is -2.31. The SMILES string of the molecule is COCCCN1C(=O)C(=O)/C(=C(/O)c2cc(OC)ccc2Cl)C1c1ccc(O)cc1. The van der Waals surface area contributed by atoms with E-state index in [1.54, 1.807) is 31.4 Å². The molecule has 1 fully saturated rings. The molecule has 0 radical (unpaired) electrons. The molecule has 7 nitrogen and oxygen atoms in total. The van der Waals surface area contributed by atoms with Crippen LogP contribution in [0.15, 0.2) is 48.0 Å². The second-order valence-corrected chi connectivity index (χ2v) is 7.18. The average Bonchev–Trinajstić information content (AvgIpc) is 2.99. The number of aliphatic hydroxyl groups is 1. The first-order valence-electron chi connectivity index (χ1n) is 9.29. The van der Waals surface area contributed by atoms with Gasteiger partial charge in [0.05, 0.1) is 23.7 Å². The van der Waals surface area contributed by atoms with Gasteiger partial charge in [-0.3, -0.25) is 9.59 Å². The lowest BCUT2D eigenvalue weighted by molar-refractivity contribution is -0.140. The molecule has 1 saturated heterocycles. The van der Waals surface area contributed by atoms with Crippen LogP contribution in [0.4, 0.5) is 0 Å². The molecular formula is C22H22ClNO6. The normalized spacial score (nSPS) is 18.1. The van der Waals surface area contributed by atoms with Gasteiger partial charge in [-0.1, -0.05) is 23.7 Å². The summed E-state index contributed by atoms with van der Waals surface area (Å²) in [6, 6.07) is 9.98. The molecule has 0 aliphatic carbocycles. The van der Waals surface area contributed by atoms with E-state index in [0.717, 1.165) is 0 Å². The molecule has 8 heteroatoms. The van der Waals surface area contributed by atoms with Crippen molar-refractivity contribution in [1.82, 2.24) is 4.90 Å². The minimum absolute atomic E-state index is 0.0472. The largest absolute Gasteiger partial charge is 0.508 e. The average molecular weight is 432 g/mol. The Morgan fingerprint density at radius 3 is 2.47 bits per heavy atom. The van der Waals surface area contributed by atoms with Crippen molar-refractivity contribution in [3.05, 3.63) is 64.2 Å². The molecule has 0 bridgehead atoms. The maximum Gasteiger partial charge on any atom is 0.295 e. The molecule has 1 aliphatic heterocycles. The highest BCUT2D eigenvalue weighted by Crippen LogP contribution is 2.41. The van der Waals surface area contributed by atoms with Gasteiger partial charge in [0.25, 0.3) is 11.7 Å². The van der Waals surface area contributed by atoms with E-state index < -0.39 is 17.7 Å². The fourth-order valence-corrected chi connectivity index (χ4v) is 3.66. The number of hydrogen-bond donors (Lipinski definition) is 2. The predicted molar refractivity (Wildman–Crippen MR) is 112 cm³/mol. The van der Waals surface area contributed by atoms with Crippen LogP contribution in [0.5, 0.6) is 11.5 Å². The quantitative estimate of drug-likeness (QED) is 0.301. The summed E-state index contributed by atoms with van der Waals surface area (Å²) < 4.78 is 10.2. The van der Waals surface area contributed by atoms with Gasteiger partial charge in [-0.05, 0) is 42.3 Å². The standard InChI is InChI=1S/C22H22ClNO6/c1-29-11-3-10-24-19(13-4-6-14(25)7-5-13)18(21(27)22(24)28)20(26)16-12-15(30-2)8-9-17(16)23/h4-9,12,19,25-26H,3,10-11H2,1-2H3/b20-18+. The Kier molecular flexibility index (Phi) is 6.64. The number of carbonyl (C=O) groups is 2. The number of halogens is 1. The van der Waals surface area contributed by atoms with Crippen molar-refractivity contribution >= 4 is 29.1 Å². The van der Waals surface area contributed by atoms with E-state index >= 15 is 0 Å². The molecular weight excluding hydrogens is 410 g/mol. The molecule has 3 rings (SSSR count). The van der Waals surface area contributed by atoms with Crippen LogP contribution in [-0.2, 0) is 14.3 Å². The smallest absolute Gasteiger partial charge is 0.295 e. The number of ketones is 1. The number of phenolic OH excluding ortho intramolecular Hbond substituents is 1. The number of aromatic hydroxyl groups is 1. The Hall–Kier alpha value is -3.03. The summed E-state index contributed by atoms with van der Waals surface area (Å²) >= 11 is 6.25. The van der Waals surface area contributed by atoms with Crippen molar-refractivity contribution in [3.63, 3.8) is 0 Å². The molecule has 1 atom stereocenters. The van der Waals surface area contributed by atoms with Crippen molar-refractivity contribution < 1.29 is 29.3 Å². The molecule has 30 heavy (non-hydrogen) atoms. The molecule has 0 saturated carbocycles. The monoisotopic (exact) mass is 431 g/mol. The summed E-state index contributed by atoms with van der Waals surface area (Å²) in [5.41, 5.74) is 0.693. The molecule has 0 spiro atoms. The van der Waals surface area contributed by atoms with Gasteiger partial charge in [-0.15, -0.1) is 0 Å². The van der Waals surface area contributed by atoms with Gasteiger partial charge in [-0.25, -0.2) is 0 Å². The van der Waals surface area contributed by atoms with E-state index in [0.29, 0.717) is 24.3 Å². The molecule has 1 amide bonds. The number of phenols is 1. The van der Waals surface area contributed by atoms with E-state index in [2.05, 4.69) is 0 Å². The van der Waals surface area contributed by atoms with Gasteiger partial charge in [0, 0.05) is 25.8 Å². The number of amides is 1. The summed E-state index contributed by atoms with van der Waals surface area (Å²) in [4.78, 5) is 27.1. The van der Waals surface area contributed by atoms with Crippen LogP contribution < -0.4 is 4.74 Å². The number of nitrogens with zero attached hydrogens (tertiary/aromatic N) is 1. The number of aliphatic hydroxyl groups excluding tert-OH is 1. The topological polar surface area (TPSA) is 96.3 Å². The van der Waals surface area contributed by atoms with E-state index in [1.807, 2.05) is 0 Å². The third-order valence-electron chi connectivity index (χ3n) is 4.92. The number of ether oxygens (including phenoxy) is 2. The zero-order valence-electron chi connectivity index (χ0n) is 16.6. The second kappa shape index (κ2) is 9.19. The van der Waals surface area contributed by atoms with Gasteiger partial charge < -0.3 is 24.6 Å². The summed E-state index contributed by atoms with van der Waals surface area (Å²) in [7, 11) is 3.02. The first-order chi connectivity index (χ1) is 14.4. The van der Waals surface area contributed by atoms with E-state index in [-0.39, 0.29) is 34.2 Å². The maximum absolute atomic E-state index is 12.9. The minimum Gasteiger partial charge on any atom is -0.508 e. The number of Topliss-reactive ketones (excluding diaryl/α,β-unsaturated/α-hetero) is 1. The fraction of sp³-hybridized carbons (Fsp3) is 0.273. The molecule has 158 valence electrons. The van der Waals surface area contributed by atoms with Gasteiger partial charge in [-0.2, -0.15) is 0 Å². The third kappa shape index (κ3) is 4.13. The van der Waals surface area contributed by atoms with Crippen molar-refractivity contribution in [2.24, 2.45) is 0 Å². The van der Waals surface area contributed by atoms with Crippen molar-refractivity contribution in [2.75, 3.05) is 27.4 Å². The highest BCUT2D eigenvalue weighted by Gasteiger charge is 2.46. The van der Waals surface area contributed by atoms with Gasteiger partial charge >= 0.3 is 0 Å². The zero-order valence-corrected chi connectivity index (χ0v) is 17.3. The first-order valence-corrected chi connectivity index (χ1v) is 9.67. The Bertz CT molecular complexity index is 986. The van der Waals surface area contributed by atoms with Gasteiger partial charge in [0.2, 0.25) is 0 Å². The summed E-state index contributed by atoms with van der Waals surface area (Å²) in [5.74, 6) is -1.42. The summed E-state index contributed by atoms with van der Waals surface area (Å²) in [5, 5.41) is 20.9. The highest BCUT2D eigenvalue weighted by atomic mass is 35.5. The Balaban J connectivity index is 2.16. The summed E-state index contributed by atoms with van der Waals surface area (Å²) in [6.45, 7) is 0.666. The number of carbonyl (C=O) groups excluding carboxylic acids is 2. The number of benzene rings is 2. The van der Waals surface area contributed by atoms with Gasteiger partial charge in [0.15, 0.2) is 0 Å². The van der Waals surface area contributed by atoms with Crippen LogP contribution >= 0.6 is 11.6 Å².